The Morgan fingerprint density at radius 2 is 1.86 bits per heavy atom. The first-order valence-electron chi connectivity index (χ1n) is 6.93. The molecule has 0 radical (unpaired) electrons. The molecule has 3 aromatic rings. The van der Waals surface area contributed by atoms with Crippen LogP contribution in [0.2, 0.25) is 0 Å². The highest BCUT2D eigenvalue weighted by Gasteiger charge is 2.11. The molecule has 0 aliphatic heterocycles. The largest absolute Gasteiger partial charge is 0.497 e. The minimum atomic E-state index is 0.396. The molecular weight excluding hydrogens is 274 g/mol. The van der Waals surface area contributed by atoms with Gasteiger partial charge in [0.05, 0.1) is 18.5 Å². The highest BCUT2D eigenvalue weighted by Crippen LogP contribution is 2.26. The van der Waals surface area contributed by atoms with Crippen LogP contribution in [0.3, 0.4) is 0 Å². The van der Waals surface area contributed by atoms with Crippen LogP contribution in [-0.2, 0) is 0 Å². The Kier molecular flexibility index (Phi) is 3.63. The molecule has 4 heteroatoms. The zero-order valence-corrected chi connectivity index (χ0v) is 12.4. The number of benzene rings is 2. The molecule has 0 saturated carbocycles. The van der Waals surface area contributed by atoms with Gasteiger partial charge < -0.3 is 4.74 Å². The van der Waals surface area contributed by atoms with E-state index in [1.807, 2.05) is 55.5 Å². The molecule has 0 saturated heterocycles. The molecule has 0 bridgehead atoms. The third kappa shape index (κ3) is 2.57. The first kappa shape index (κ1) is 13.9. The van der Waals surface area contributed by atoms with Gasteiger partial charge in [-0.15, -0.1) is 0 Å². The molecule has 3 rings (SSSR count). The quantitative estimate of drug-likeness (QED) is 0.738. The van der Waals surface area contributed by atoms with Crippen LogP contribution in [0.5, 0.6) is 5.75 Å². The number of ether oxygens (including phenoxy) is 1. The van der Waals surface area contributed by atoms with Gasteiger partial charge in [0.15, 0.2) is 5.69 Å². The highest BCUT2D eigenvalue weighted by atomic mass is 16.5. The van der Waals surface area contributed by atoms with Crippen molar-refractivity contribution in [2.24, 2.45) is 0 Å². The van der Waals surface area contributed by atoms with Crippen LogP contribution in [0, 0.1) is 18.3 Å². The SMILES string of the molecule is COc1ccc(-c2cc(C#N)nn2-c2cccc(C)c2)cc1. The van der Waals surface area contributed by atoms with Crippen molar-refractivity contribution in [2.75, 3.05) is 7.11 Å². The van der Waals surface area contributed by atoms with Crippen LogP contribution in [0.4, 0.5) is 0 Å². The second-order valence-electron chi connectivity index (χ2n) is 5.01. The van der Waals surface area contributed by atoms with Crippen molar-refractivity contribution in [1.82, 2.24) is 9.78 Å². The predicted octanol–water partition coefficient (Wildman–Crippen LogP) is 3.73. The van der Waals surface area contributed by atoms with E-state index >= 15 is 0 Å². The number of rotatable bonds is 3. The van der Waals surface area contributed by atoms with Crippen molar-refractivity contribution >= 4 is 0 Å². The number of nitrogens with zero attached hydrogens (tertiary/aromatic N) is 3. The minimum Gasteiger partial charge on any atom is -0.497 e. The van der Waals surface area contributed by atoms with Crippen LogP contribution in [0.15, 0.2) is 54.6 Å². The van der Waals surface area contributed by atoms with E-state index in [0.717, 1.165) is 28.3 Å². The van der Waals surface area contributed by atoms with Crippen LogP contribution in [0.1, 0.15) is 11.3 Å². The van der Waals surface area contributed by atoms with Crippen LogP contribution >= 0.6 is 0 Å². The number of aromatic nitrogens is 2. The van der Waals surface area contributed by atoms with E-state index in [1.165, 1.54) is 0 Å². The second kappa shape index (κ2) is 5.74. The van der Waals surface area contributed by atoms with Gasteiger partial charge in [0.1, 0.15) is 11.8 Å². The van der Waals surface area contributed by atoms with Gasteiger partial charge in [-0.05, 0) is 48.9 Å². The third-order valence-corrected chi connectivity index (χ3v) is 3.46. The summed E-state index contributed by atoms with van der Waals surface area (Å²) in [5, 5.41) is 13.5. The van der Waals surface area contributed by atoms with Crippen LogP contribution in [0.25, 0.3) is 16.9 Å². The van der Waals surface area contributed by atoms with Crippen molar-refractivity contribution in [3.05, 3.63) is 65.9 Å². The second-order valence-corrected chi connectivity index (χ2v) is 5.01. The van der Waals surface area contributed by atoms with E-state index in [2.05, 4.69) is 11.2 Å². The molecule has 0 aliphatic carbocycles. The van der Waals surface area contributed by atoms with E-state index in [0.29, 0.717) is 5.69 Å². The van der Waals surface area contributed by atoms with E-state index in [1.54, 1.807) is 17.9 Å². The Morgan fingerprint density at radius 1 is 1.09 bits per heavy atom. The molecule has 108 valence electrons. The third-order valence-electron chi connectivity index (χ3n) is 3.46. The molecule has 0 N–H and O–H groups in total. The van der Waals surface area contributed by atoms with Gasteiger partial charge in [-0.3, -0.25) is 0 Å². The lowest BCUT2D eigenvalue weighted by Gasteiger charge is -2.09. The maximum atomic E-state index is 9.16. The Morgan fingerprint density at radius 3 is 2.50 bits per heavy atom. The predicted molar refractivity (Wildman–Crippen MR) is 85.0 cm³/mol. The Balaban J connectivity index is 2.14. The summed E-state index contributed by atoms with van der Waals surface area (Å²) < 4.78 is 6.99. The summed E-state index contributed by atoms with van der Waals surface area (Å²) in [5.41, 5.74) is 4.34. The molecule has 0 fully saturated rings. The Bertz CT molecular complexity index is 842. The first-order valence-corrected chi connectivity index (χ1v) is 6.93. The van der Waals surface area contributed by atoms with E-state index in [9.17, 15) is 0 Å². The molecule has 1 heterocycles. The van der Waals surface area contributed by atoms with Crippen molar-refractivity contribution in [1.29, 1.82) is 5.26 Å². The standard InChI is InChI=1S/C18H15N3O/c1-13-4-3-5-16(10-13)21-18(11-15(12-19)20-21)14-6-8-17(22-2)9-7-14/h3-11H,1-2H3. The topological polar surface area (TPSA) is 50.8 Å². The lowest BCUT2D eigenvalue weighted by molar-refractivity contribution is 0.415. The van der Waals surface area contributed by atoms with Crippen molar-refractivity contribution in [3.8, 4) is 28.8 Å². The monoisotopic (exact) mass is 289 g/mol. The molecule has 2 aromatic carbocycles. The average Bonchev–Trinajstić information content (AvgIpc) is 2.99. The fourth-order valence-corrected chi connectivity index (χ4v) is 2.36. The smallest absolute Gasteiger partial charge is 0.163 e. The molecule has 0 spiro atoms. The van der Waals surface area contributed by atoms with Crippen LogP contribution < -0.4 is 4.74 Å². The summed E-state index contributed by atoms with van der Waals surface area (Å²) in [5.74, 6) is 0.797. The summed E-state index contributed by atoms with van der Waals surface area (Å²) in [6.45, 7) is 2.03. The summed E-state index contributed by atoms with van der Waals surface area (Å²) in [6.07, 6.45) is 0. The Hall–Kier alpha value is -3.06. The fraction of sp³-hybridized carbons (Fsp3) is 0.111. The van der Waals surface area contributed by atoms with E-state index in [4.69, 9.17) is 10.00 Å². The van der Waals surface area contributed by atoms with Gasteiger partial charge in [0.2, 0.25) is 0 Å². The molecule has 22 heavy (non-hydrogen) atoms. The van der Waals surface area contributed by atoms with Crippen molar-refractivity contribution in [3.63, 3.8) is 0 Å². The maximum absolute atomic E-state index is 9.16. The molecule has 4 nitrogen and oxygen atoms in total. The normalized spacial score (nSPS) is 10.2. The van der Waals surface area contributed by atoms with Gasteiger partial charge in [-0.25, -0.2) is 4.68 Å². The lowest BCUT2D eigenvalue weighted by Crippen LogP contribution is -1.99. The molecular formula is C18H15N3O. The molecule has 1 aromatic heterocycles. The fourth-order valence-electron chi connectivity index (χ4n) is 2.36. The van der Waals surface area contributed by atoms with Gasteiger partial charge >= 0.3 is 0 Å². The number of nitriles is 1. The van der Waals surface area contributed by atoms with Gasteiger partial charge in [0.25, 0.3) is 0 Å². The number of hydrogen-bond donors (Lipinski definition) is 0. The number of aryl methyl sites for hydroxylation is 1. The molecule has 0 atom stereocenters. The first-order chi connectivity index (χ1) is 10.7. The van der Waals surface area contributed by atoms with Gasteiger partial charge in [0, 0.05) is 11.6 Å². The van der Waals surface area contributed by atoms with Gasteiger partial charge in [-0.2, -0.15) is 10.4 Å². The van der Waals surface area contributed by atoms with Gasteiger partial charge in [-0.1, -0.05) is 12.1 Å². The minimum absolute atomic E-state index is 0.396. The van der Waals surface area contributed by atoms with Crippen LogP contribution in [-0.4, -0.2) is 16.9 Å². The highest BCUT2D eigenvalue weighted by molar-refractivity contribution is 5.64. The molecule has 0 unspecified atom stereocenters. The zero-order chi connectivity index (χ0) is 15.5. The van der Waals surface area contributed by atoms with Crippen molar-refractivity contribution < 1.29 is 4.74 Å². The summed E-state index contributed by atoms with van der Waals surface area (Å²) in [7, 11) is 1.64. The van der Waals surface area contributed by atoms with E-state index in [-0.39, 0.29) is 0 Å². The van der Waals surface area contributed by atoms with Crippen molar-refractivity contribution in [2.45, 2.75) is 6.92 Å². The number of methoxy groups -OCH3 is 1. The molecule has 0 amide bonds. The molecule has 0 aliphatic rings. The summed E-state index contributed by atoms with van der Waals surface area (Å²) >= 11 is 0. The zero-order valence-electron chi connectivity index (χ0n) is 12.4. The Labute approximate surface area is 129 Å². The maximum Gasteiger partial charge on any atom is 0.163 e. The average molecular weight is 289 g/mol. The lowest BCUT2D eigenvalue weighted by atomic mass is 10.1. The summed E-state index contributed by atoms with van der Waals surface area (Å²) in [4.78, 5) is 0. The number of hydrogen-bond acceptors (Lipinski definition) is 3. The van der Waals surface area contributed by atoms with E-state index < -0.39 is 0 Å². The summed E-state index contributed by atoms with van der Waals surface area (Å²) in [6, 6.07) is 19.7.